The first-order valence-electron chi connectivity index (χ1n) is 21.5. The molecule has 8 amide bonds. The maximum absolute atomic E-state index is 14.0. The molecule has 1 aliphatic rings. The lowest BCUT2D eigenvalue weighted by Gasteiger charge is -2.30. The largest absolute Gasteiger partial charge is 0.508 e. The normalized spacial score (nSPS) is 16.4. The average Bonchev–Trinajstić information content (AvgIpc) is 4.00. The van der Waals surface area contributed by atoms with Gasteiger partial charge in [-0.2, -0.15) is 0 Å². The van der Waals surface area contributed by atoms with Crippen LogP contribution in [0, 0.1) is 5.92 Å². The number of carboxylic acids is 1. The maximum Gasteiger partial charge on any atom is 0.326 e. The number of carbonyl (C=O) groups excluding carboxylic acids is 8. The number of rotatable bonds is 27. The van der Waals surface area contributed by atoms with Crippen LogP contribution in [-0.4, -0.2) is 158 Å². The molecule has 0 spiro atoms. The number of phenols is 1. The van der Waals surface area contributed by atoms with Crippen molar-refractivity contribution in [1.29, 1.82) is 0 Å². The number of imidazole rings is 1. The van der Waals surface area contributed by atoms with E-state index in [2.05, 4.69) is 46.9 Å². The smallest absolute Gasteiger partial charge is 0.326 e. The van der Waals surface area contributed by atoms with Gasteiger partial charge in [0.2, 0.25) is 47.3 Å². The molecule has 2 aromatic rings. The summed E-state index contributed by atoms with van der Waals surface area (Å²) < 4.78 is 0. The van der Waals surface area contributed by atoms with Gasteiger partial charge in [-0.15, -0.1) is 0 Å². The number of H-pyrrole nitrogens is 1. The van der Waals surface area contributed by atoms with Gasteiger partial charge in [0.05, 0.1) is 25.9 Å². The number of aliphatic hydroxyl groups is 1. The number of guanidine groups is 1. The van der Waals surface area contributed by atoms with Crippen LogP contribution < -0.4 is 54.8 Å². The molecular weight excluding hydrogens is 881 g/mol. The Balaban J connectivity index is 1.82. The molecule has 1 aromatic heterocycles. The summed E-state index contributed by atoms with van der Waals surface area (Å²) in [6, 6.07) is -4.08. The summed E-state index contributed by atoms with van der Waals surface area (Å²) in [6.45, 7) is 2.00. The van der Waals surface area contributed by atoms with Crippen LogP contribution >= 0.6 is 0 Å². The Kier molecular flexibility index (Phi) is 21.4. The molecule has 0 aliphatic carbocycles. The standard InChI is InChI=1S/C41H62N14O12/c1-3-21(2)33(38(64)53-29(19-56)36(62)52-28(40(66)67)15-23-18-46-20-48-23)54-35(61)26(16-31(43)58)51-34(60)25(6-4-12-47-41(44)45)50-37(63)30-7-5-13-55(30)39(65)27(49-32(59)17-42)14-22-8-10-24(57)11-9-22/h8-11,18,20-21,25-30,33,56-57H,3-7,12-17,19,42H2,1-2H3,(H2,43,58)(H,46,48)(H,49,59)(H,50,63)(H,51,60)(H,52,62)(H,53,64)(H,54,61)(H,66,67)(H4,44,45,47)/t21-,25-,26-,27-,28-,29-,30-,33-/m0/s1. The highest BCUT2D eigenvalue weighted by molar-refractivity contribution is 5.99. The summed E-state index contributed by atoms with van der Waals surface area (Å²) in [7, 11) is 0. The molecule has 2 heterocycles. The van der Waals surface area contributed by atoms with Gasteiger partial charge in [0.15, 0.2) is 5.96 Å². The van der Waals surface area contributed by atoms with Crippen molar-refractivity contribution in [3.63, 3.8) is 0 Å². The van der Waals surface area contributed by atoms with Gasteiger partial charge >= 0.3 is 5.97 Å². The first-order chi connectivity index (χ1) is 31.8. The number of carbonyl (C=O) groups is 9. The summed E-state index contributed by atoms with van der Waals surface area (Å²) >= 11 is 0. The quantitative estimate of drug-likeness (QED) is 0.0226. The number of benzene rings is 1. The van der Waals surface area contributed by atoms with Gasteiger partial charge in [-0.25, -0.2) is 9.78 Å². The summed E-state index contributed by atoms with van der Waals surface area (Å²) in [4.78, 5) is 131. The summed E-state index contributed by atoms with van der Waals surface area (Å²) in [6.07, 6.45) is 2.49. The van der Waals surface area contributed by atoms with Crippen LogP contribution in [0.4, 0.5) is 0 Å². The minimum atomic E-state index is -1.73. The predicted molar refractivity (Wildman–Crippen MR) is 237 cm³/mol. The molecule has 8 atom stereocenters. The topological polar surface area (TPSA) is 435 Å². The Morgan fingerprint density at radius 3 is 2.07 bits per heavy atom. The number of aliphatic hydroxyl groups excluding tert-OH is 1. The molecule has 18 N–H and O–H groups in total. The second kappa shape index (κ2) is 26.6. The molecule has 67 heavy (non-hydrogen) atoms. The second-order valence-corrected chi connectivity index (χ2v) is 15.9. The zero-order chi connectivity index (χ0) is 49.8. The van der Waals surface area contributed by atoms with Gasteiger partial charge in [-0.1, -0.05) is 32.4 Å². The van der Waals surface area contributed by atoms with E-state index in [1.807, 2.05) is 0 Å². The van der Waals surface area contributed by atoms with Gasteiger partial charge in [-0.05, 0) is 49.3 Å². The third kappa shape index (κ3) is 17.2. The molecule has 368 valence electrons. The molecular formula is C41H62N14O12. The number of likely N-dealkylation sites (tertiary alicyclic amines) is 1. The highest BCUT2D eigenvalue weighted by Gasteiger charge is 2.40. The number of nitrogens with two attached hydrogens (primary N) is 4. The number of amides is 8. The molecule has 1 aromatic carbocycles. The van der Waals surface area contributed by atoms with E-state index in [0.717, 1.165) is 0 Å². The second-order valence-electron chi connectivity index (χ2n) is 15.9. The summed E-state index contributed by atoms with van der Waals surface area (Å²) in [5.41, 5.74) is 22.9. The first kappa shape index (κ1) is 54.0. The van der Waals surface area contributed by atoms with E-state index in [4.69, 9.17) is 22.9 Å². The minimum Gasteiger partial charge on any atom is -0.508 e. The van der Waals surface area contributed by atoms with E-state index in [0.29, 0.717) is 17.7 Å². The Morgan fingerprint density at radius 2 is 1.49 bits per heavy atom. The number of primary amides is 1. The molecule has 26 heteroatoms. The number of hydrogen-bond donors (Lipinski definition) is 14. The van der Waals surface area contributed by atoms with Crippen molar-refractivity contribution in [2.24, 2.45) is 33.8 Å². The van der Waals surface area contributed by atoms with Gasteiger partial charge in [-0.3, -0.25) is 43.3 Å². The molecule has 26 nitrogen and oxygen atoms in total. The van der Waals surface area contributed by atoms with Crippen LogP contribution in [0.2, 0.25) is 0 Å². The highest BCUT2D eigenvalue weighted by Crippen LogP contribution is 2.21. The Morgan fingerprint density at radius 1 is 0.851 bits per heavy atom. The van der Waals surface area contributed by atoms with Gasteiger partial charge in [0.1, 0.15) is 48.0 Å². The molecule has 1 aliphatic heterocycles. The zero-order valence-electron chi connectivity index (χ0n) is 37.2. The lowest BCUT2D eigenvalue weighted by Crippen LogP contribution is -2.61. The van der Waals surface area contributed by atoms with E-state index in [1.54, 1.807) is 26.0 Å². The lowest BCUT2D eigenvalue weighted by atomic mass is 9.97. The van der Waals surface area contributed by atoms with Gasteiger partial charge in [0, 0.05) is 37.8 Å². The van der Waals surface area contributed by atoms with Gasteiger partial charge < -0.3 is 80.0 Å². The van der Waals surface area contributed by atoms with Crippen LogP contribution in [0.5, 0.6) is 5.75 Å². The van der Waals surface area contributed by atoms with Crippen LogP contribution in [0.15, 0.2) is 41.8 Å². The van der Waals surface area contributed by atoms with Crippen molar-refractivity contribution in [3.8, 4) is 5.75 Å². The van der Waals surface area contributed by atoms with Crippen molar-refractivity contribution < 1.29 is 58.5 Å². The van der Waals surface area contributed by atoms with E-state index in [9.17, 15) is 58.5 Å². The number of nitrogens with one attached hydrogen (secondary N) is 7. The maximum atomic E-state index is 14.0. The predicted octanol–water partition coefficient (Wildman–Crippen LogP) is -5.19. The Bertz CT molecular complexity index is 2070. The monoisotopic (exact) mass is 942 g/mol. The average molecular weight is 943 g/mol. The van der Waals surface area contributed by atoms with Crippen molar-refractivity contribution in [3.05, 3.63) is 48.0 Å². The molecule has 0 bridgehead atoms. The number of aromatic amines is 1. The fourth-order valence-corrected chi connectivity index (χ4v) is 7.05. The number of nitrogens with zero attached hydrogens (tertiary/aromatic N) is 3. The highest BCUT2D eigenvalue weighted by atomic mass is 16.4. The van der Waals surface area contributed by atoms with Crippen molar-refractivity contribution in [2.75, 3.05) is 26.2 Å². The van der Waals surface area contributed by atoms with Crippen molar-refractivity contribution >= 4 is 59.2 Å². The number of carboxylic acid groups (broad SMARTS) is 1. The molecule has 1 saturated heterocycles. The fraction of sp³-hybridized carbons (Fsp3) is 0.537. The van der Waals surface area contributed by atoms with E-state index in [-0.39, 0.29) is 63.3 Å². The minimum absolute atomic E-state index is 0.00770. The third-order valence-corrected chi connectivity index (χ3v) is 10.9. The number of phenolic OH excluding ortho intramolecular Hbond substituents is 1. The molecule has 0 unspecified atom stereocenters. The summed E-state index contributed by atoms with van der Waals surface area (Å²) in [5.74, 6) is -9.45. The molecule has 1 fully saturated rings. The van der Waals surface area contributed by atoms with Crippen molar-refractivity contribution in [2.45, 2.75) is 108 Å². The summed E-state index contributed by atoms with van der Waals surface area (Å²) in [5, 5.41) is 44.1. The van der Waals surface area contributed by atoms with Crippen LogP contribution in [-0.2, 0) is 56.0 Å². The van der Waals surface area contributed by atoms with Crippen molar-refractivity contribution in [1.82, 2.24) is 46.8 Å². The van der Waals surface area contributed by atoms with Crippen LogP contribution in [0.1, 0.15) is 63.6 Å². The number of aliphatic imine (C=N–C) groups is 1. The first-order valence-corrected chi connectivity index (χ1v) is 21.5. The third-order valence-electron chi connectivity index (χ3n) is 10.9. The van der Waals surface area contributed by atoms with Crippen LogP contribution in [0.25, 0.3) is 0 Å². The SMILES string of the molecule is CC[C@H](C)[C@H](NC(=O)[C@H](CC(N)=O)NC(=O)[C@H](CCCN=C(N)N)NC(=O)[C@@H]1CCCN1C(=O)[C@H](Cc1ccc(O)cc1)NC(=O)CN)C(=O)N[C@@H](CO)C(=O)N[C@@H](Cc1cnc[nH]1)C(=O)O. The Labute approximate surface area is 385 Å². The Hall–Kier alpha value is -7.35. The number of aliphatic carboxylic acids is 1. The zero-order valence-corrected chi connectivity index (χ0v) is 37.2. The number of aromatic hydroxyl groups is 1. The van der Waals surface area contributed by atoms with E-state index >= 15 is 0 Å². The van der Waals surface area contributed by atoms with Crippen LogP contribution in [0.3, 0.4) is 0 Å². The molecule has 0 saturated carbocycles. The molecule has 0 radical (unpaired) electrons. The lowest BCUT2D eigenvalue weighted by molar-refractivity contribution is -0.142. The van der Waals surface area contributed by atoms with E-state index in [1.165, 1.54) is 29.6 Å². The van der Waals surface area contributed by atoms with E-state index < -0.39 is 121 Å². The number of aromatic nitrogens is 2. The number of hydrogen-bond acceptors (Lipinski definition) is 14. The van der Waals surface area contributed by atoms with Gasteiger partial charge in [0.25, 0.3) is 0 Å². The fourth-order valence-electron chi connectivity index (χ4n) is 7.05. The molecule has 3 rings (SSSR count).